The van der Waals surface area contributed by atoms with E-state index >= 15 is 0 Å². The first-order valence-corrected chi connectivity index (χ1v) is 3.00. The number of hydrogen-bond donors (Lipinski definition) is 0. The molecule has 0 spiro atoms. The average molecular weight is 308 g/mol. The molecule has 0 aliphatic carbocycles. The Morgan fingerprint density at radius 2 is 1.20 bits per heavy atom. The molecule has 0 saturated carbocycles. The van der Waals surface area contributed by atoms with Crippen LogP contribution in [0.15, 0.2) is 0 Å². The van der Waals surface area contributed by atoms with Gasteiger partial charge in [0.1, 0.15) is 0 Å². The molecule has 0 bridgehead atoms. The molecule has 0 amide bonds. The maximum Gasteiger partial charge on any atom is 0.0852 e. The average Bonchev–Trinajstić information content (AvgIpc) is 1.00. The molecule has 5 heavy (non-hydrogen) atoms. The van der Waals surface area contributed by atoms with Crippen molar-refractivity contribution in [2.45, 2.75) is 0 Å². The Morgan fingerprint density at radius 3 is 1.20 bits per heavy atom. The van der Waals surface area contributed by atoms with Gasteiger partial charge in [-0.15, -0.1) is 0 Å². The molecule has 0 rings (SSSR count). The summed E-state index contributed by atoms with van der Waals surface area (Å²) in [5.74, 6) is 0. The Balaban J connectivity index is -0.00000000167. The minimum Gasteiger partial charge on any atom is -0.0304 e. The molecule has 0 aromatic rings. The van der Waals surface area contributed by atoms with Crippen LogP contribution >= 0.6 is 0 Å². The van der Waals surface area contributed by atoms with E-state index in [2.05, 4.69) is 7.44 Å². The molecule has 0 nitrogen and oxygen atoms in total. The van der Waals surface area contributed by atoms with Crippen LogP contribution in [0.3, 0.4) is 0 Å². The Bertz CT molecular complexity index is 11.6. The fourth-order valence-corrected chi connectivity index (χ4v) is 0. The number of rotatable bonds is 0. The molecule has 0 N–H and O–H groups in total. The van der Waals surface area contributed by atoms with Crippen LogP contribution in [-0.4, -0.2) is 17.6 Å². The van der Waals surface area contributed by atoms with Crippen LogP contribution in [0.5, 0.6) is 0 Å². The summed E-state index contributed by atoms with van der Waals surface area (Å²) in [5, 5.41) is 0. The van der Waals surface area contributed by atoms with Crippen molar-refractivity contribution in [3.8, 4) is 0 Å². The van der Waals surface area contributed by atoms with Crippen LogP contribution < -0.4 is 0 Å². The largest absolute Gasteiger partial charge is 0.0852 e. The Labute approximate surface area is 90.9 Å². The van der Waals surface area contributed by atoms with E-state index in [9.17, 15) is 0 Å². The van der Waals surface area contributed by atoms with Crippen molar-refractivity contribution in [3.63, 3.8) is 0 Å². The van der Waals surface area contributed by atoms with Crippen LogP contribution in [0.1, 0.15) is 0 Å². The molecule has 0 aliphatic heterocycles. The fraction of sp³-hybridized carbons (Fsp3) is 0. The van der Waals surface area contributed by atoms with Gasteiger partial charge in [-0.3, -0.25) is 0 Å². The Kier molecular flexibility index (Phi) is 152. The molecule has 0 aromatic carbocycles. The molecule has 0 aliphatic rings. The first-order valence-electron chi connectivity index (χ1n) is 1.00. The van der Waals surface area contributed by atoms with E-state index in [-0.39, 0.29) is 75.0 Å². The van der Waals surface area contributed by atoms with Gasteiger partial charge in [0.05, 0.1) is 7.44 Å². The first-order chi connectivity index (χ1) is 1.00. The van der Waals surface area contributed by atoms with E-state index in [0.717, 1.165) is 0 Å². The summed E-state index contributed by atoms with van der Waals surface area (Å²) in [7, 11) is 3.44. The molecule has 5 heteroatoms. The molecule has 0 saturated heterocycles. The van der Waals surface area contributed by atoms with Gasteiger partial charge >= 0.3 is 0 Å². The summed E-state index contributed by atoms with van der Waals surface area (Å²) < 4.78 is 0. The zero-order valence-electron chi connectivity index (χ0n) is 3.16. The van der Waals surface area contributed by atoms with Gasteiger partial charge in [0, 0.05) is 75.0 Å². The van der Waals surface area contributed by atoms with Crippen molar-refractivity contribution in [1.82, 2.24) is 0 Å². The van der Waals surface area contributed by atoms with Crippen molar-refractivity contribution in [2.24, 2.45) is 0 Å². The van der Waals surface area contributed by atoms with Gasteiger partial charge in [-0.1, -0.05) is 0 Å². The molecule has 0 unspecified atom stereocenters. The second-order valence-electron chi connectivity index (χ2n) is 0. The molecule has 35 valence electrons. The normalized spacial score (nSPS) is 1.60. The van der Waals surface area contributed by atoms with Gasteiger partial charge < -0.3 is 0 Å². The molecule has 1 radical (unpaired) electrons. The van der Waals surface area contributed by atoms with Crippen LogP contribution in [0.2, 0.25) is 0 Å². The van der Waals surface area contributed by atoms with Crippen LogP contribution in [0.4, 0.5) is 0 Å². The fourth-order valence-electron chi connectivity index (χ4n) is 0. The zero-order valence-corrected chi connectivity index (χ0v) is 10.4. The molecular formula is H5BCuFeNdSi. The monoisotopic (exact) mass is 305 g/mol. The minimum absolute atomic E-state index is 0. The molecular weight excluding hydrogens is 303 g/mol. The van der Waals surface area contributed by atoms with Crippen LogP contribution in [0, 0.1) is 40.8 Å². The van der Waals surface area contributed by atoms with E-state index in [4.69, 9.17) is 0 Å². The summed E-state index contributed by atoms with van der Waals surface area (Å²) in [6.45, 7) is 0. The summed E-state index contributed by atoms with van der Waals surface area (Å²) in [4.78, 5) is 0. The standard InChI is InChI=1S/BH5Si.Cu.Fe.Nd/c1-2;;;/h1H2,2H3;;;. The van der Waals surface area contributed by atoms with E-state index in [1.807, 2.05) is 0 Å². The predicted octanol–water partition coefficient (Wildman–Crippen LogP) is -2.11. The van der Waals surface area contributed by atoms with Crippen LogP contribution in [0.25, 0.3) is 0 Å². The molecule has 0 heterocycles. The van der Waals surface area contributed by atoms with E-state index in [1.54, 1.807) is 0 Å². The smallest absolute Gasteiger partial charge is 0.0304 e. The van der Waals surface area contributed by atoms with Gasteiger partial charge in [-0.25, -0.2) is 0 Å². The van der Waals surface area contributed by atoms with Gasteiger partial charge in [0.15, 0.2) is 0 Å². The third kappa shape index (κ3) is 20.4. The van der Waals surface area contributed by atoms with Crippen molar-refractivity contribution >= 4 is 17.6 Å². The van der Waals surface area contributed by atoms with Gasteiger partial charge in [-0.05, 0) is 10.1 Å². The van der Waals surface area contributed by atoms with Gasteiger partial charge in [0.2, 0.25) is 0 Å². The second kappa shape index (κ2) is 30.1. The quantitative estimate of drug-likeness (QED) is 0.450. The molecule has 0 aromatic heterocycles. The maximum absolute atomic E-state index is 2.14. The molecule has 0 atom stereocenters. The zero-order chi connectivity index (χ0) is 2.00. The minimum atomic E-state index is 0. The third-order valence-corrected chi connectivity index (χ3v) is 0. The topological polar surface area (TPSA) is 0 Å². The summed E-state index contributed by atoms with van der Waals surface area (Å²) >= 11 is 0. The van der Waals surface area contributed by atoms with Gasteiger partial charge in [-0.2, -0.15) is 0 Å². The number of hydrogen-bond acceptors (Lipinski definition) is 0. The third-order valence-electron chi connectivity index (χ3n) is 0. The van der Waals surface area contributed by atoms with Crippen LogP contribution in [-0.2, 0) is 34.1 Å². The van der Waals surface area contributed by atoms with E-state index in [0.29, 0.717) is 0 Å². The van der Waals surface area contributed by atoms with Gasteiger partial charge in [0.25, 0.3) is 0 Å². The van der Waals surface area contributed by atoms with Crippen molar-refractivity contribution in [2.75, 3.05) is 0 Å². The Morgan fingerprint density at radius 1 is 1.20 bits per heavy atom. The maximum atomic E-state index is 2.14. The first kappa shape index (κ1) is 25.3. The van der Waals surface area contributed by atoms with E-state index < -0.39 is 0 Å². The second-order valence-corrected chi connectivity index (χ2v) is 0. The van der Waals surface area contributed by atoms with Crippen molar-refractivity contribution < 1.29 is 75.0 Å². The van der Waals surface area contributed by atoms with Crippen molar-refractivity contribution in [1.29, 1.82) is 0 Å². The Hall–Kier alpha value is 2.67. The summed E-state index contributed by atoms with van der Waals surface area (Å²) in [6, 6.07) is 0. The SMILES string of the molecule is B[SiH3].[Cu].[Fe].[Nd]. The van der Waals surface area contributed by atoms with E-state index in [1.165, 1.54) is 10.1 Å². The summed E-state index contributed by atoms with van der Waals surface area (Å²) in [6.07, 6.45) is 0. The molecule has 0 fully saturated rings. The summed E-state index contributed by atoms with van der Waals surface area (Å²) in [5.41, 5.74) is 0. The predicted molar refractivity (Wildman–Crippen MR) is 18.5 cm³/mol. The van der Waals surface area contributed by atoms with Crippen molar-refractivity contribution in [3.05, 3.63) is 0 Å².